The van der Waals surface area contributed by atoms with E-state index in [-0.39, 0.29) is 36.7 Å². The lowest BCUT2D eigenvalue weighted by Gasteiger charge is -2.43. The zero-order chi connectivity index (χ0) is 32.8. The molecule has 0 radical (unpaired) electrons. The maximum atomic E-state index is 14.5. The minimum atomic E-state index is -0.201. The number of benzene rings is 6. The molecule has 48 heavy (non-hydrogen) atoms. The topological polar surface area (TPSA) is 52.9 Å². The minimum absolute atomic E-state index is 0.108. The van der Waals surface area contributed by atoms with E-state index in [4.69, 9.17) is 0 Å². The van der Waals surface area contributed by atoms with Gasteiger partial charge in [0.25, 0.3) is 0 Å². The number of nitrogens with zero attached hydrogens (tertiary/aromatic N) is 4. The normalized spacial score (nSPS) is 16.8. The van der Waals surface area contributed by atoms with Gasteiger partial charge in [0.2, 0.25) is 0 Å². The highest BCUT2D eigenvalue weighted by atomic mass is 16.3. The highest BCUT2D eigenvalue weighted by Gasteiger charge is 2.43. The quantitative estimate of drug-likeness (QED) is 0.285. The lowest BCUT2D eigenvalue weighted by atomic mass is 9.61. The molecule has 0 bridgehead atoms. The summed E-state index contributed by atoms with van der Waals surface area (Å²) >= 11 is 0. The second-order valence-corrected chi connectivity index (χ2v) is 13.1. The molecule has 6 nitrogen and oxygen atoms in total. The van der Waals surface area contributed by atoms with Crippen molar-refractivity contribution in [3.63, 3.8) is 0 Å². The smallest absolute Gasteiger partial charge is 0.646 e. The molecule has 8 heteroatoms. The Labute approximate surface area is 280 Å². The first-order valence-electron chi connectivity index (χ1n) is 16.3. The van der Waals surface area contributed by atoms with E-state index < -0.39 is 0 Å². The Kier molecular flexibility index (Phi) is 6.15. The monoisotopic (exact) mass is 622 g/mol. The predicted molar refractivity (Wildman–Crippen MR) is 199 cm³/mol. The molecular formula is C40H32B2N4O2. The second-order valence-electron chi connectivity index (χ2n) is 13.1. The number of rotatable bonds is 3. The first-order chi connectivity index (χ1) is 23.4. The van der Waals surface area contributed by atoms with E-state index in [1.807, 2.05) is 60.7 Å². The van der Waals surface area contributed by atoms with Crippen molar-refractivity contribution in [1.29, 1.82) is 0 Å². The number of carbonyl (C=O) groups excluding carboxylic acids is 1. The summed E-state index contributed by atoms with van der Waals surface area (Å²) in [5.74, 6) is -0.401. The van der Waals surface area contributed by atoms with Gasteiger partial charge >= 0.3 is 14.0 Å². The first-order valence-corrected chi connectivity index (χ1v) is 16.3. The predicted octanol–water partition coefficient (Wildman–Crippen LogP) is 2.75. The van der Waals surface area contributed by atoms with Gasteiger partial charge in [-0.3, -0.25) is 9.28 Å². The zero-order valence-electron chi connectivity index (χ0n) is 27.3. The molecule has 6 aromatic rings. The van der Waals surface area contributed by atoms with Gasteiger partial charge < -0.3 is 19.5 Å². The Hall–Kier alpha value is -5.75. The third-order valence-electron chi connectivity index (χ3n) is 10.6. The summed E-state index contributed by atoms with van der Waals surface area (Å²) in [6, 6.07) is 41.3. The van der Waals surface area contributed by atoms with E-state index in [0.29, 0.717) is 10.8 Å². The summed E-state index contributed by atoms with van der Waals surface area (Å²) in [5.41, 5.74) is 6.54. The van der Waals surface area contributed by atoms with Gasteiger partial charge in [0, 0.05) is 51.7 Å². The molecule has 3 aliphatic rings. The summed E-state index contributed by atoms with van der Waals surface area (Å²) in [5, 5.41) is 20.3. The van der Waals surface area contributed by atoms with Gasteiger partial charge in [-0.1, -0.05) is 109 Å². The van der Waals surface area contributed by atoms with Gasteiger partial charge in [-0.05, 0) is 48.5 Å². The average Bonchev–Trinajstić information content (AvgIpc) is 3.11. The lowest BCUT2D eigenvalue weighted by molar-refractivity contribution is -0.292. The summed E-state index contributed by atoms with van der Waals surface area (Å²) in [7, 11) is 8.33. The molecular weight excluding hydrogens is 590 g/mol. The summed E-state index contributed by atoms with van der Waals surface area (Å²) < 4.78 is 2.21. The van der Waals surface area contributed by atoms with Crippen LogP contribution in [0.3, 0.4) is 0 Å². The van der Waals surface area contributed by atoms with Crippen molar-refractivity contribution in [3.05, 3.63) is 143 Å². The third kappa shape index (κ3) is 3.77. The van der Waals surface area contributed by atoms with Crippen molar-refractivity contribution >= 4 is 80.4 Å². The molecule has 9 rings (SSSR count). The van der Waals surface area contributed by atoms with Gasteiger partial charge in [0.15, 0.2) is 11.1 Å². The van der Waals surface area contributed by atoms with Crippen molar-refractivity contribution in [2.45, 2.75) is 0 Å². The van der Waals surface area contributed by atoms with E-state index in [0.717, 1.165) is 54.9 Å². The number of anilines is 3. The number of ketones is 1. The van der Waals surface area contributed by atoms with Crippen molar-refractivity contribution in [1.82, 2.24) is 4.49 Å². The van der Waals surface area contributed by atoms with Crippen LogP contribution in [0.1, 0.15) is 5.56 Å². The molecule has 0 atom stereocenters. The Bertz CT molecular complexity index is 2520. The number of carbonyl (C=O) groups is 1. The summed E-state index contributed by atoms with van der Waals surface area (Å²) in [4.78, 5) is 21.2. The van der Waals surface area contributed by atoms with Crippen LogP contribution < -0.4 is 45.5 Å². The fourth-order valence-corrected chi connectivity index (χ4v) is 8.46. The van der Waals surface area contributed by atoms with Gasteiger partial charge in [-0.15, -0.1) is 0 Å². The number of Topliss-reactive ketones (excluding diaryl/α,β-unsaturated/α-hetero) is 1. The van der Waals surface area contributed by atoms with E-state index in [9.17, 15) is 9.90 Å². The van der Waals surface area contributed by atoms with Crippen molar-refractivity contribution in [2.75, 3.05) is 42.6 Å². The molecule has 0 spiro atoms. The van der Waals surface area contributed by atoms with Crippen LogP contribution in [0.4, 0.5) is 17.1 Å². The summed E-state index contributed by atoms with van der Waals surface area (Å²) in [6.45, 7) is -0.215. The molecule has 230 valence electrons. The molecule has 0 N–H and O–H groups in total. The maximum Gasteiger partial charge on any atom is 0.646 e. The molecule has 0 unspecified atom stereocenters. The van der Waals surface area contributed by atoms with Gasteiger partial charge in [0.1, 0.15) is 7.05 Å². The van der Waals surface area contributed by atoms with Gasteiger partial charge in [-0.2, -0.15) is 0 Å². The zero-order valence-corrected chi connectivity index (χ0v) is 27.3. The highest BCUT2D eigenvalue weighted by Crippen LogP contribution is 2.47. The molecule has 0 amide bonds. The molecule has 2 heterocycles. The van der Waals surface area contributed by atoms with Gasteiger partial charge in [0.05, 0.1) is 10.6 Å². The molecule has 6 aromatic carbocycles. The van der Waals surface area contributed by atoms with Crippen LogP contribution in [-0.2, 0) is 4.79 Å². The third-order valence-corrected chi connectivity index (χ3v) is 10.6. The fourth-order valence-electron chi connectivity index (χ4n) is 8.46. The highest BCUT2D eigenvalue weighted by molar-refractivity contribution is 6.81. The minimum Gasteiger partial charge on any atom is -0.871 e. The largest absolute Gasteiger partial charge is 0.871 e. The average molecular weight is 622 g/mol. The van der Waals surface area contributed by atoms with Crippen LogP contribution in [0.25, 0.3) is 32.7 Å². The van der Waals surface area contributed by atoms with E-state index >= 15 is 0 Å². The van der Waals surface area contributed by atoms with Crippen LogP contribution in [0.15, 0.2) is 127 Å². The van der Waals surface area contributed by atoms with Crippen molar-refractivity contribution in [2.24, 2.45) is 0 Å². The Morgan fingerprint density at radius 3 is 1.88 bits per heavy atom. The number of hydrogen-bond acceptors (Lipinski definition) is 5. The SMILES string of the molecule is CN1B(c2ccccc2)N(C)c2c(C3=C([O-])/C(=c4\ccc5cccc6c5c4=[N+](C)B(c4ccccc4)N6C)C3=O)ccc3cccc1c23. The molecule has 0 saturated heterocycles. The lowest BCUT2D eigenvalue weighted by Crippen LogP contribution is -2.64. The standard InChI is InChI=1S/C40H32B2N4O2/c1-43-31-19-11-13-25-21-23-29(37(33(25)31)45(3)41(43)27-15-7-5-8-16-27)35-39(47)36(40(35)48)30-24-22-26-14-12-20-32-34(26)38(30)46(4)42(44(32)2)28-17-9-6-10-18-28/h5-24H,1-4H3. The summed E-state index contributed by atoms with van der Waals surface area (Å²) in [6.07, 6.45) is 0. The van der Waals surface area contributed by atoms with Crippen LogP contribution >= 0.6 is 0 Å². The second kappa shape index (κ2) is 10.4. The Morgan fingerprint density at radius 1 is 0.604 bits per heavy atom. The number of allylic oxidation sites excluding steroid dienone is 2. The maximum absolute atomic E-state index is 14.5. The van der Waals surface area contributed by atoms with Crippen molar-refractivity contribution < 1.29 is 9.90 Å². The fraction of sp³-hybridized carbons (Fsp3) is 0.100. The van der Waals surface area contributed by atoms with Gasteiger partial charge in [-0.25, -0.2) is 0 Å². The Balaban J connectivity index is 1.31. The van der Waals surface area contributed by atoms with Crippen LogP contribution in [0.2, 0.25) is 0 Å². The molecule has 1 aliphatic carbocycles. The van der Waals surface area contributed by atoms with E-state index in [1.165, 1.54) is 0 Å². The Morgan fingerprint density at radius 2 is 1.21 bits per heavy atom. The van der Waals surface area contributed by atoms with Crippen LogP contribution in [-0.4, -0.2) is 47.9 Å². The van der Waals surface area contributed by atoms with Crippen molar-refractivity contribution in [3.8, 4) is 0 Å². The molecule has 0 aromatic heterocycles. The van der Waals surface area contributed by atoms with E-state index in [2.05, 4.69) is 108 Å². The van der Waals surface area contributed by atoms with Crippen LogP contribution in [0.5, 0.6) is 0 Å². The first kappa shape index (κ1) is 28.5. The molecule has 0 fully saturated rings. The molecule has 2 aliphatic heterocycles. The van der Waals surface area contributed by atoms with E-state index in [1.54, 1.807) is 0 Å². The molecule has 0 saturated carbocycles. The number of hydrogen-bond donors (Lipinski definition) is 0. The van der Waals surface area contributed by atoms with Crippen LogP contribution in [0, 0.1) is 0 Å².